The summed E-state index contributed by atoms with van der Waals surface area (Å²) in [7, 11) is 1.59. The maximum atomic E-state index is 12.0. The van der Waals surface area contributed by atoms with E-state index in [0.29, 0.717) is 11.4 Å². The van der Waals surface area contributed by atoms with Crippen LogP contribution >= 0.6 is 0 Å². The third-order valence-electron chi connectivity index (χ3n) is 2.99. The Morgan fingerprint density at radius 3 is 2.23 bits per heavy atom. The molecule has 2 rings (SSSR count). The number of methoxy groups -OCH3 is 1. The molecule has 0 heterocycles. The molecule has 0 aliphatic carbocycles. The van der Waals surface area contributed by atoms with Crippen molar-refractivity contribution in [1.29, 1.82) is 0 Å². The first-order valence-corrected chi connectivity index (χ1v) is 6.87. The number of hydrogen-bond donors (Lipinski definition) is 2. The van der Waals surface area contributed by atoms with Crippen LogP contribution in [0.15, 0.2) is 48.5 Å². The standard InChI is InChI=1S/C17H18N2O3/c1-12(20)18-14-6-8-15(9-7-14)19-17(21)11-13-4-3-5-16(10-13)22-2/h3-10H,11H2,1-2H3,(H,18,20)(H,19,21). The fourth-order valence-electron chi connectivity index (χ4n) is 2.01. The molecule has 0 bridgehead atoms. The van der Waals surface area contributed by atoms with Crippen LogP contribution in [0.4, 0.5) is 11.4 Å². The summed E-state index contributed by atoms with van der Waals surface area (Å²) in [4.78, 5) is 23.0. The van der Waals surface area contributed by atoms with Gasteiger partial charge in [-0.1, -0.05) is 12.1 Å². The quantitative estimate of drug-likeness (QED) is 0.892. The maximum Gasteiger partial charge on any atom is 0.228 e. The first-order chi connectivity index (χ1) is 10.6. The number of rotatable bonds is 5. The molecule has 2 aromatic carbocycles. The highest BCUT2D eigenvalue weighted by Crippen LogP contribution is 2.16. The van der Waals surface area contributed by atoms with Gasteiger partial charge >= 0.3 is 0 Å². The summed E-state index contributed by atoms with van der Waals surface area (Å²) in [5.41, 5.74) is 2.26. The van der Waals surface area contributed by atoms with E-state index in [1.165, 1.54) is 6.92 Å². The zero-order chi connectivity index (χ0) is 15.9. The maximum absolute atomic E-state index is 12.0. The van der Waals surface area contributed by atoms with E-state index >= 15 is 0 Å². The minimum atomic E-state index is -0.130. The molecule has 22 heavy (non-hydrogen) atoms. The van der Waals surface area contributed by atoms with Crippen LogP contribution < -0.4 is 15.4 Å². The summed E-state index contributed by atoms with van der Waals surface area (Å²) in [6.07, 6.45) is 0.268. The molecule has 0 atom stereocenters. The third-order valence-corrected chi connectivity index (χ3v) is 2.99. The second kappa shape index (κ2) is 7.26. The lowest BCUT2D eigenvalue weighted by molar-refractivity contribution is -0.116. The Bertz CT molecular complexity index is 666. The fourth-order valence-corrected chi connectivity index (χ4v) is 2.01. The minimum Gasteiger partial charge on any atom is -0.497 e. The van der Waals surface area contributed by atoms with Gasteiger partial charge in [-0.2, -0.15) is 0 Å². The third kappa shape index (κ3) is 4.63. The summed E-state index contributed by atoms with van der Waals surface area (Å²) in [6.45, 7) is 1.45. The van der Waals surface area contributed by atoms with Gasteiger partial charge in [0.2, 0.25) is 11.8 Å². The van der Waals surface area contributed by atoms with Crippen LogP contribution in [0.2, 0.25) is 0 Å². The van der Waals surface area contributed by atoms with Crippen LogP contribution in [0.3, 0.4) is 0 Å². The molecule has 0 saturated heterocycles. The minimum absolute atomic E-state index is 0.111. The summed E-state index contributed by atoms with van der Waals surface area (Å²) >= 11 is 0. The number of carbonyl (C=O) groups is 2. The number of hydrogen-bond acceptors (Lipinski definition) is 3. The van der Waals surface area contributed by atoms with Crippen molar-refractivity contribution in [3.8, 4) is 5.75 Å². The average molecular weight is 298 g/mol. The van der Waals surface area contributed by atoms with Gasteiger partial charge in [0, 0.05) is 18.3 Å². The molecule has 2 N–H and O–H groups in total. The predicted molar refractivity (Wildman–Crippen MR) is 86.1 cm³/mol. The Morgan fingerprint density at radius 1 is 1.00 bits per heavy atom. The van der Waals surface area contributed by atoms with Crippen LogP contribution in [0.1, 0.15) is 12.5 Å². The lowest BCUT2D eigenvalue weighted by atomic mass is 10.1. The molecule has 0 aliphatic heterocycles. The van der Waals surface area contributed by atoms with E-state index in [9.17, 15) is 9.59 Å². The molecule has 0 aromatic heterocycles. The summed E-state index contributed by atoms with van der Waals surface area (Å²) in [5, 5.41) is 5.49. The number of anilines is 2. The molecule has 2 amide bonds. The second-order valence-corrected chi connectivity index (χ2v) is 4.84. The number of amides is 2. The van der Waals surface area contributed by atoms with E-state index in [1.807, 2.05) is 24.3 Å². The van der Waals surface area contributed by atoms with Gasteiger partial charge in [0.05, 0.1) is 13.5 Å². The van der Waals surface area contributed by atoms with Crippen molar-refractivity contribution in [3.63, 3.8) is 0 Å². The van der Waals surface area contributed by atoms with Crippen LogP contribution in [-0.2, 0) is 16.0 Å². The van der Waals surface area contributed by atoms with Crippen molar-refractivity contribution in [2.45, 2.75) is 13.3 Å². The number of carbonyl (C=O) groups excluding carboxylic acids is 2. The van der Waals surface area contributed by atoms with Crippen molar-refractivity contribution in [2.24, 2.45) is 0 Å². The molecule has 5 heteroatoms. The molecule has 0 unspecified atom stereocenters. The second-order valence-electron chi connectivity index (χ2n) is 4.84. The Morgan fingerprint density at radius 2 is 1.64 bits per heavy atom. The Hall–Kier alpha value is -2.82. The molecule has 2 aromatic rings. The predicted octanol–water partition coefficient (Wildman–Crippen LogP) is 2.83. The fraction of sp³-hybridized carbons (Fsp3) is 0.176. The van der Waals surface area contributed by atoms with Gasteiger partial charge < -0.3 is 15.4 Å². The Kier molecular flexibility index (Phi) is 5.14. The van der Waals surface area contributed by atoms with Gasteiger partial charge in [0.15, 0.2) is 0 Å². The highest BCUT2D eigenvalue weighted by Gasteiger charge is 2.05. The molecule has 0 aliphatic rings. The SMILES string of the molecule is COc1cccc(CC(=O)Nc2ccc(NC(C)=O)cc2)c1. The topological polar surface area (TPSA) is 67.4 Å². The lowest BCUT2D eigenvalue weighted by Crippen LogP contribution is -2.14. The van der Waals surface area contributed by atoms with E-state index in [2.05, 4.69) is 10.6 Å². The molecule has 0 fully saturated rings. The van der Waals surface area contributed by atoms with Gasteiger partial charge in [-0.25, -0.2) is 0 Å². The van der Waals surface area contributed by atoms with Crippen LogP contribution in [0.25, 0.3) is 0 Å². The van der Waals surface area contributed by atoms with Crippen LogP contribution in [0, 0.1) is 0 Å². The van der Waals surface area contributed by atoms with E-state index in [-0.39, 0.29) is 18.2 Å². The molecule has 5 nitrogen and oxygen atoms in total. The van der Waals surface area contributed by atoms with Crippen molar-refractivity contribution in [1.82, 2.24) is 0 Å². The van der Waals surface area contributed by atoms with Gasteiger partial charge in [0.25, 0.3) is 0 Å². The number of nitrogens with one attached hydrogen (secondary N) is 2. The highest BCUT2D eigenvalue weighted by molar-refractivity contribution is 5.93. The van der Waals surface area contributed by atoms with Crippen LogP contribution in [0.5, 0.6) is 5.75 Å². The smallest absolute Gasteiger partial charge is 0.228 e. The van der Waals surface area contributed by atoms with E-state index in [0.717, 1.165) is 11.3 Å². The molecule has 0 spiro atoms. The normalized spacial score (nSPS) is 9.91. The molecular weight excluding hydrogens is 280 g/mol. The Labute approximate surface area is 129 Å². The Balaban J connectivity index is 1.95. The van der Waals surface area contributed by atoms with Crippen molar-refractivity contribution in [2.75, 3.05) is 17.7 Å². The highest BCUT2D eigenvalue weighted by atomic mass is 16.5. The van der Waals surface area contributed by atoms with Crippen molar-refractivity contribution in [3.05, 3.63) is 54.1 Å². The first-order valence-electron chi connectivity index (χ1n) is 6.87. The first kappa shape index (κ1) is 15.6. The summed E-state index contributed by atoms with van der Waals surface area (Å²) in [6, 6.07) is 14.4. The molecule has 0 radical (unpaired) electrons. The van der Waals surface area contributed by atoms with E-state index in [1.54, 1.807) is 31.4 Å². The average Bonchev–Trinajstić information content (AvgIpc) is 2.49. The van der Waals surface area contributed by atoms with E-state index in [4.69, 9.17) is 4.74 Å². The number of benzene rings is 2. The largest absolute Gasteiger partial charge is 0.497 e. The van der Waals surface area contributed by atoms with Crippen molar-refractivity contribution < 1.29 is 14.3 Å². The zero-order valence-corrected chi connectivity index (χ0v) is 12.6. The van der Waals surface area contributed by atoms with Gasteiger partial charge in [-0.15, -0.1) is 0 Å². The van der Waals surface area contributed by atoms with Gasteiger partial charge in [-0.3, -0.25) is 9.59 Å². The van der Waals surface area contributed by atoms with Crippen molar-refractivity contribution >= 4 is 23.2 Å². The molecule has 114 valence electrons. The molecular formula is C17H18N2O3. The zero-order valence-electron chi connectivity index (χ0n) is 12.6. The number of ether oxygens (including phenoxy) is 1. The van der Waals surface area contributed by atoms with Gasteiger partial charge in [-0.05, 0) is 42.0 Å². The van der Waals surface area contributed by atoms with Gasteiger partial charge in [0.1, 0.15) is 5.75 Å². The monoisotopic (exact) mass is 298 g/mol. The summed E-state index contributed by atoms with van der Waals surface area (Å²) in [5.74, 6) is 0.486. The summed E-state index contributed by atoms with van der Waals surface area (Å²) < 4.78 is 5.13. The molecule has 0 saturated carbocycles. The lowest BCUT2D eigenvalue weighted by Gasteiger charge is -2.08. The van der Waals surface area contributed by atoms with Crippen LogP contribution in [-0.4, -0.2) is 18.9 Å². The van der Waals surface area contributed by atoms with E-state index < -0.39 is 0 Å².